The zero-order valence-electron chi connectivity index (χ0n) is 6.56. The molecule has 0 radical (unpaired) electrons. The molecule has 60 valence electrons. The third-order valence-electron chi connectivity index (χ3n) is 1.39. The monoisotopic (exact) mass is 263 g/mol. The van der Waals surface area contributed by atoms with Gasteiger partial charge in [-0.05, 0) is 35.9 Å². The maximum Gasteiger partial charge on any atom is 0.140 e. The van der Waals surface area contributed by atoms with Crippen molar-refractivity contribution in [3.8, 4) is 0 Å². The summed E-state index contributed by atoms with van der Waals surface area (Å²) in [5.74, 6) is 1.34. The van der Waals surface area contributed by atoms with Gasteiger partial charge in [0.25, 0.3) is 0 Å². The topological polar surface area (TPSA) is 51.8 Å². The van der Waals surface area contributed by atoms with Crippen molar-refractivity contribution in [3.63, 3.8) is 0 Å². The van der Waals surface area contributed by atoms with E-state index in [1.54, 1.807) is 0 Å². The number of halogens is 1. The zero-order chi connectivity index (χ0) is 8.43. The van der Waals surface area contributed by atoms with Gasteiger partial charge in [0.15, 0.2) is 0 Å². The molecule has 0 aliphatic rings. The summed E-state index contributed by atoms with van der Waals surface area (Å²) in [5.41, 5.74) is 6.68. The molecular weight excluding hydrogens is 253 g/mol. The molecule has 0 bridgehead atoms. The van der Waals surface area contributed by atoms with E-state index in [0.717, 1.165) is 21.5 Å². The Kier molecular flexibility index (Phi) is 2.64. The molecule has 0 aliphatic heterocycles. The third-order valence-corrected chi connectivity index (χ3v) is 2.57. The van der Waals surface area contributed by atoms with Crippen LogP contribution < -0.4 is 5.73 Å². The second kappa shape index (κ2) is 3.34. The van der Waals surface area contributed by atoms with Crippen molar-refractivity contribution in [2.75, 3.05) is 5.73 Å². The van der Waals surface area contributed by atoms with Crippen molar-refractivity contribution < 1.29 is 0 Å². The second-order valence-corrected chi connectivity index (χ2v) is 3.35. The van der Waals surface area contributed by atoms with E-state index < -0.39 is 0 Å². The van der Waals surface area contributed by atoms with Gasteiger partial charge < -0.3 is 5.73 Å². The molecule has 0 fully saturated rings. The molecule has 1 heterocycles. The van der Waals surface area contributed by atoms with Crippen LogP contribution in [0.15, 0.2) is 0 Å². The maximum absolute atomic E-state index is 5.64. The fraction of sp³-hybridized carbons (Fsp3) is 0.429. The summed E-state index contributed by atoms with van der Waals surface area (Å²) < 4.78 is 0.982. The average Bonchev–Trinajstić information content (AvgIpc) is 1.96. The Morgan fingerprint density at radius 2 is 2.09 bits per heavy atom. The number of rotatable bonds is 1. The van der Waals surface area contributed by atoms with Crippen molar-refractivity contribution >= 4 is 28.4 Å². The maximum atomic E-state index is 5.64. The molecule has 1 rings (SSSR count). The summed E-state index contributed by atoms with van der Waals surface area (Å²) in [6.07, 6.45) is 0.909. The number of anilines is 1. The molecule has 11 heavy (non-hydrogen) atoms. The number of aromatic nitrogens is 2. The van der Waals surface area contributed by atoms with Gasteiger partial charge in [0, 0.05) is 0 Å². The normalized spacial score (nSPS) is 10.1. The molecule has 1 aromatic heterocycles. The highest BCUT2D eigenvalue weighted by Gasteiger charge is 2.04. The summed E-state index contributed by atoms with van der Waals surface area (Å²) >= 11 is 2.17. The van der Waals surface area contributed by atoms with Crippen molar-refractivity contribution in [2.24, 2.45) is 0 Å². The molecule has 0 amide bonds. The summed E-state index contributed by atoms with van der Waals surface area (Å²) in [7, 11) is 0. The Labute approximate surface area is 79.6 Å². The van der Waals surface area contributed by atoms with Gasteiger partial charge in [0.1, 0.15) is 11.6 Å². The van der Waals surface area contributed by atoms with Gasteiger partial charge in [-0.3, -0.25) is 0 Å². The lowest BCUT2D eigenvalue weighted by Gasteiger charge is -2.03. The van der Waals surface area contributed by atoms with E-state index in [9.17, 15) is 0 Å². The first-order valence-electron chi connectivity index (χ1n) is 3.43. The van der Waals surface area contributed by atoms with Crippen molar-refractivity contribution in [1.82, 2.24) is 9.97 Å². The van der Waals surface area contributed by atoms with Crippen LogP contribution in [0.5, 0.6) is 0 Å². The Morgan fingerprint density at radius 3 is 2.64 bits per heavy atom. The van der Waals surface area contributed by atoms with E-state index in [1.165, 1.54) is 0 Å². The molecule has 0 atom stereocenters. The van der Waals surface area contributed by atoms with Crippen molar-refractivity contribution in [2.45, 2.75) is 20.3 Å². The van der Waals surface area contributed by atoms with Gasteiger partial charge in [0.2, 0.25) is 0 Å². The molecule has 4 heteroatoms. The standard InChI is InChI=1S/C7H10IN3/c1-3-5-6(8)7(9)11-4(2)10-5/h3H2,1-2H3,(H2,9,10,11). The van der Waals surface area contributed by atoms with Crippen LogP contribution in [0.3, 0.4) is 0 Å². The lowest BCUT2D eigenvalue weighted by Crippen LogP contribution is -2.03. The molecule has 3 nitrogen and oxygen atoms in total. The summed E-state index contributed by atoms with van der Waals surface area (Å²) in [6.45, 7) is 3.91. The highest BCUT2D eigenvalue weighted by Crippen LogP contribution is 2.15. The summed E-state index contributed by atoms with van der Waals surface area (Å²) in [5, 5.41) is 0. The predicted octanol–water partition coefficient (Wildman–Crippen LogP) is 1.53. The van der Waals surface area contributed by atoms with Crippen molar-refractivity contribution in [1.29, 1.82) is 0 Å². The van der Waals surface area contributed by atoms with E-state index in [1.807, 2.05) is 6.92 Å². The smallest absolute Gasteiger partial charge is 0.140 e. The quantitative estimate of drug-likeness (QED) is 0.782. The van der Waals surface area contributed by atoms with Gasteiger partial charge in [0.05, 0.1) is 9.26 Å². The van der Waals surface area contributed by atoms with E-state index in [4.69, 9.17) is 5.73 Å². The minimum absolute atomic E-state index is 0.593. The zero-order valence-corrected chi connectivity index (χ0v) is 8.71. The summed E-state index contributed by atoms with van der Waals surface area (Å²) in [6, 6.07) is 0. The Bertz CT molecular complexity index is 273. The largest absolute Gasteiger partial charge is 0.383 e. The molecule has 0 saturated heterocycles. The van der Waals surface area contributed by atoms with Crippen LogP contribution in [0.2, 0.25) is 0 Å². The minimum atomic E-state index is 0.593. The van der Waals surface area contributed by atoms with E-state index in [-0.39, 0.29) is 0 Å². The van der Waals surface area contributed by atoms with Crippen LogP contribution in [0.4, 0.5) is 5.82 Å². The number of hydrogen-bond acceptors (Lipinski definition) is 3. The molecule has 0 spiro atoms. The molecule has 0 aliphatic carbocycles. The molecular formula is C7H10IN3. The van der Waals surface area contributed by atoms with Gasteiger partial charge >= 0.3 is 0 Å². The number of nitrogen functional groups attached to an aromatic ring is 1. The Hall–Kier alpha value is -0.390. The molecule has 2 N–H and O–H groups in total. The predicted molar refractivity (Wildman–Crippen MR) is 53.3 cm³/mol. The number of nitrogens with zero attached hydrogens (tertiary/aromatic N) is 2. The van der Waals surface area contributed by atoms with E-state index in [0.29, 0.717) is 5.82 Å². The minimum Gasteiger partial charge on any atom is -0.383 e. The molecule has 0 unspecified atom stereocenters. The van der Waals surface area contributed by atoms with E-state index >= 15 is 0 Å². The Morgan fingerprint density at radius 1 is 1.45 bits per heavy atom. The molecule has 0 aromatic carbocycles. The first kappa shape index (κ1) is 8.70. The number of hydrogen-bond donors (Lipinski definition) is 1. The average molecular weight is 263 g/mol. The van der Waals surface area contributed by atoms with E-state index in [2.05, 4.69) is 39.5 Å². The van der Waals surface area contributed by atoms with Crippen LogP contribution in [-0.4, -0.2) is 9.97 Å². The molecule has 0 saturated carbocycles. The van der Waals surface area contributed by atoms with Crippen molar-refractivity contribution in [3.05, 3.63) is 15.1 Å². The number of aryl methyl sites for hydroxylation is 2. The fourth-order valence-electron chi connectivity index (χ4n) is 0.875. The first-order chi connectivity index (χ1) is 5.15. The SMILES string of the molecule is CCc1nc(C)nc(N)c1I. The van der Waals surface area contributed by atoms with Gasteiger partial charge in [-0.15, -0.1) is 0 Å². The lowest BCUT2D eigenvalue weighted by molar-refractivity contribution is 0.942. The third kappa shape index (κ3) is 1.79. The number of nitrogens with two attached hydrogens (primary N) is 1. The van der Waals surface area contributed by atoms with Gasteiger partial charge in [-0.25, -0.2) is 9.97 Å². The van der Waals surface area contributed by atoms with Crippen LogP contribution in [0.1, 0.15) is 18.4 Å². The van der Waals surface area contributed by atoms with Crippen LogP contribution >= 0.6 is 22.6 Å². The second-order valence-electron chi connectivity index (χ2n) is 2.27. The summed E-state index contributed by atoms with van der Waals surface area (Å²) in [4.78, 5) is 8.29. The highest BCUT2D eigenvalue weighted by molar-refractivity contribution is 14.1. The first-order valence-corrected chi connectivity index (χ1v) is 4.51. The van der Waals surface area contributed by atoms with Crippen LogP contribution in [-0.2, 0) is 6.42 Å². The van der Waals surface area contributed by atoms with Crippen LogP contribution in [0.25, 0.3) is 0 Å². The van der Waals surface area contributed by atoms with Gasteiger partial charge in [-0.2, -0.15) is 0 Å². The lowest BCUT2D eigenvalue weighted by atomic mass is 10.3. The molecule has 1 aromatic rings. The Balaban J connectivity index is 3.24. The van der Waals surface area contributed by atoms with Crippen LogP contribution in [0, 0.1) is 10.5 Å². The highest BCUT2D eigenvalue weighted by atomic mass is 127. The fourth-order valence-corrected chi connectivity index (χ4v) is 1.50. The van der Waals surface area contributed by atoms with Gasteiger partial charge in [-0.1, -0.05) is 6.92 Å².